The van der Waals surface area contributed by atoms with Crippen molar-refractivity contribution in [3.8, 4) is 16.3 Å². The third-order valence-corrected chi connectivity index (χ3v) is 5.38. The van der Waals surface area contributed by atoms with Gasteiger partial charge in [0.2, 0.25) is 0 Å². The van der Waals surface area contributed by atoms with Crippen molar-refractivity contribution in [3.05, 3.63) is 101 Å². The fourth-order valence-electron chi connectivity index (χ4n) is 3.05. The van der Waals surface area contributed by atoms with Crippen LogP contribution in [0.25, 0.3) is 16.6 Å². The van der Waals surface area contributed by atoms with Crippen LogP contribution in [0.5, 0.6) is 5.75 Å². The lowest BCUT2D eigenvalue weighted by Crippen LogP contribution is -1.99. The molecule has 4 rings (SSSR count). The van der Waals surface area contributed by atoms with Crippen LogP contribution >= 0.6 is 11.3 Å². The maximum Gasteiger partial charge on any atom is 0.185 e. The SMILES string of the molecule is COc1cccc(C(=O)/C=C/c2cn(Cc3ccccc3)nc2-c2cccs2)c1. The molecule has 0 amide bonds. The van der Waals surface area contributed by atoms with E-state index in [0.717, 1.165) is 16.1 Å². The zero-order valence-corrected chi connectivity index (χ0v) is 16.8. The number of hydrogen-bond acceptors (Lipinski definition) is 4. The largest absolute Gasteiger partial charge is 0.497 e. The number of methoxy groups -OCH3 is 1. The van der Waals surface area contributed by atoms with Crippen LogP contribution < -0.4 is 4.74 Å². The maximum atomic E-state index is 12.6. The van der Waals surface area contributed by atoms with Gasteiger partial charge in [-0.15, -0.1) is 11.3 Å². The summed E-state index contributed by atoms with van der Waals surface area (Å²) in [6.45, 7) is 0.677. The number of ether oxygens (including phenoxy) is 1. The van der Waals surface area contributed by atoms with Crippen LogP contribution in [-0.2, 0) is 6.54 Å². The normalized spacial score (nSPS) is 11.1. The van der Waals surface area contributed by atoms with Crippen molar-refractivity contribution in [2.45, 2.75) is 6.54 Å². The van der Waals surface area contributed by atoms with Crippen LogP contribution in [0.4, 0.5) is 0 Å². The molecule has 0 N–H and O–H groups in total. The Bertz CT molecular complexity index is 1130. The number of carbonyl (C=O) groups is 1. The van der Waals surface area contributed by atoms with Gasteiger partial charge >= 0.3 is 0 Å². The van der Waals surface area contributed by atoms with Crippen molar-refractivity contribution < 1.29 is 9.53 Å². The van der Waals surface area contributed by atoms with Gasteiger partial charge in [0.1, 0.15) is 11.4 Å². The molecule has 4 nitrogen and oxygen atoms in total. The first-order valence-electron chi connectivity index (χ1n) is 9.24. The van der Waals surface area contributed by atoms with E-state index in [9.17, 15) is 4.79 Å². The van der Waals surface area contributed by atoms with Crippen molar-refractivity contribution in [1.29, 1.82) is 0 Å². The summed E-state index contributed by atoms with van der Waals surface area (Å²) < 4.78 is 7.12. The van der Waals surface area contributed by atoms with Gasteiger partial charge in [0.25, 0.3) is 0 Å². The van der Waals surface area contributed by atoms with Crippen LogP contribution in [0.2, 0.25) is 0 Å². The fraction of sp³-hybridized carbons (Fsp3) is 0.0833. The Morgan fingerprint density at radius 2 is 1.97 bits per heavy atom. The summed E-state index contributed by atoms with van der Waals surface area (Å²) in [5.41, 5.74) is 3.57. The molecule has 0 aliphatic heterocycles. The molecule has 0 unspecified atom stereocenters. The first-order valence-corrected chi connectivity index (χ1v) is 10.1. The highest BCUT2D eigenvalue weighted by Gasteiger charge is 2.11. The molecule has 5 heteroatoms. The van der Waals surface area contributed by atoms with Crippen molar-refractivity contribution in [2.75, 3.05) is 7.11 Å². The fourth-order valence-corrected chi connectivity index (χ4v) is 3.78. The molecule has 29 heavy (non-hydrogen) atoms. The quantitative estimate of drug-likeness (QED) is 0.301. The highest BCUT2D eigenvalue weighted by molar-refractivity contribution is 7.13. The number of carbonyl (C=O) groups excluding carboxylic acids is 1. The third-order valence-electron chi connectivity index (χ3n) is 4.50. The lowest BCUT2D eigenvalue weighted by molar-refractivity contribution is 0.104. The molecule has 0 saturated carbocycles. The zero-order chi connectivity index (χ0) is 20.1. The summed E-state index contributed by atoms with van der Waals surface area (Å²) in [5.74, 6) is 0.594. The molecule has 0 atom stereocenters. The van der Waals surface area contributed by atoms with Gasteiger partial charge in [-0.2, -0.15) is 5.10 Å². The van der Waals surface area contributed by atoms with E-state index >= 15 is 0 Å². The van der Waals surface area contributed by atoms with E-state index in [0.29, 0.717) is 17.9 Å². The standard InChI is InChI=1S/C24H20N2O2S/c1-28-21-10-5-9-19(15-21)22(27)13-12-20-17-26(16-18-7-3-2-4-8-18)25-24(20)23-11-6-14-29-23/h2-15,17H,16H2,1H3/b13-12+. The smallest absolute Gasteiger partial charge is 0.185 e. The first-order chi connectivity index (χ1) is 14.2. The molecule has 0 bridgehead atoms. The number of rotatable bonds is 7. The van der Waals surface area contributed by atoms with E-state index in [1.165, 1.54) is 5.56 Å². The Labute approximate surface area is 173 Å². The summed E-state index contributed by atoms with van der Waals surface area (Å²) in [5, 5.41) is 6.80. The van der Waals surface area contributed by atoms with Crippen LogP contribution in [0, 0.1) is 0 Å². The average Bonchev–Trinajstić information content (AvgIpc) is 3.42. The Kier molecular flexibility index (Phi) is 5.68. The highest BCUT2D eigenvalue weighted by atomic mass is 32.1. The van der Waals surface area contributed by atoms with E-state index in [4.69, 9.17) is 9.84 Å². The van der Waals surface area contributed by atoms with Gasteiger partial charge in [-0.1, -0.05) is 48.5 Å². The topological polar surface area (TPSA) is 44.1 Å². The van der Waals surface area contributed by atoms with Gasteiger partial charge in [-0.25, -0.2) is 0 Å². The first kappa shape index (κ1) is 18.9. The average molecular weight is 401 g/mol. The molecule has 0 radical (unpaired) electrons. The highest BCUT2D eigenvalue weighted by Crippen LogP contribution is 2.28. The predicted octanol–water partition coefficient (Wildman–Crippen LogP) is 5.56. The molecule has 4 aromatic rings. The summed E-state index contributed by atoms with van der Waals surface area (Å²) >= 11 is 1.63. The van der Waals surface area contributed by atoms with Crippen LogP contribution in [0.15, 0.2) is 84.4 Å². The number of thiophene rings is 1. The van der Waals surface area contributed by atoms with Crippen LogP contribution in [0.1, 0.15) is 21.5 Å². The van der Waals surface area contributed by atoms with Gasteiger partial charge in [0.15, 0.2) is 5.78 Å². The molecule has 2 aromatic carbocycles. The Balaban J connectivity index is 1.63. The monoisotopic (exact) mass is 400 g/mol. The summed E-state index contributed by atoms with van der Waals surface area (Å²) in [6, 6.07) is 21.4. The summed E-state index contributed by atoms with van der Waals surface area (Å²) in [6.07, 6.45) is 5.42. The van der Waals surface area contributed by atoms with Gasteiger partial charge in [0.05, 0.1) is 18.5 Å². The minimum Gasteiger partial charge on any atom is -0.497 e. The minimum absolute atomic E-state index is 0.0724. The van der Waals surface area contributed by atoms with E-state index in [1.54, 1.807) is 36.7 Å². The van der Waals surface area contributed by atoms with Crippen molar-refractivity contribution in [1.82, 2.24) is 9.78 Å². The Hall–Kier alpha value is -3.44. The van der Waals surface area contributed by atoms with Crippen molar-refractivity contribution in [2.24, 2.45) is 0 Å². The number of benzene rings is 2. The van der Waals surface area contributed by atoms with Gasteiger partial charge in [-0.05, 0) is 41.3 Å². The minimum atomic E-state index is -0.0724. The number of ketones is 1. The van der Waals surface area contributed by atoms with Crippen LogP contribution in [0.3, 0.4) is 0 Å². The van der Waals surface area contributed by atoms with Crippen molar-refractivity contribution in [3.63, 3.8) is 0 Å². The summed E-state index contributed by atoms with van der Waals surface area (Å²) in [4.78, 5) is 13.7. The molecule has 0 aliphatic carbocycles. The van der Waals surface area contributed by atoms with E-state index < -0.39 is 0 Å². The van der Waals surface area contributed by atoms with Gasteiger partial charge in [-0.3, -0.25) is 9.48 Å². The molecular weight excluding hydrogens is 380 g/mol. The van der Waals surface area contributed by atoms with Gasteiger partial charge in [0, 0.05) is 17.3 Å². The second-order valence-electron chi connectivity index (χ2n) is 6.52. The lowest BCUT2D eigenvalue weighted by atomic mass is 10.1. The molecule has 0 aliphatic rings. The van der Waals surface area contributed by atoms with E-state index in [-0.39, 0.29) is 5.78 Å². The van der Waals surface area contributed by atoms with E-state index in [1.807, 2.05) is 64.8 Å². The predicted molar refractivity (Wildman–Crippen MR) is 117 cm³/mol. The maximum absolute atomic E-state index is 12.6. The molecular formula is C24H20N2O2S. The van der Waals surface area contributed by atoms with Crippen LogP contribution in [-0.4, -0.2) is 22.7 Å². The zero-order valence-electron chi connectivity index (χ0n) is 16.0. The molecule has 2 heterocycles. The third kappa shape index (κ3) is 4.52. The lowest BCUT2D eigenvalue weighted by Gasteiger charge is -2.01. The molecule has 0 fully saturated rings. The molecule has 0 spiro atoms. The molecule has 0 saturated heterocycles. The second kappa shape index (κ2) is 8.71. The van der Waals surface area contributed by atoms with Gasteiger partial charge < -0.3 is 4.74 Å². The summed E-state index contributed by atoms with van der Waals surface area (Å²) in [7, 11) is 1.59. The molecule has 2 aromatic heterocycles. The number of aromatic nitrogens is 2. The Morgan fingerprint density at radius 3 is 2.72 bits per heavy atom. The van der Waals surface area contributed by atoms with Crippen molar-refractivity contribution >= 4 is 23.2 Å². The Morgan fingerprint density at radius 1 is 1.10 bits per heavy atom. The molecule has 144 valence electrons. The number of hydrogen-bond donors (Lipinski definition) is 0. The number of nitrogens with zero attached hydrogens (tertiary/aromatic N) is 2. The van der Waals surface area contributed by atoms with E-state index in [2.05, 4.69) is 12.1 Å². The second-order valence-corrected chi connectivity index (χ2v) is 7.47. The number of allylic oxidation sites excluding steroid dienone is 1.